The highest BCUT2D eigenvalue weighted by Gasteiger charge is 2.52. The number of nitrogens with one attached hydrogen (secondary N) is 2. The molecule has 1 amide bonds. The number of aromatic amines is 1. The van der Waals surface area contributed by atoms with Gasteiger partial charge in [-0.2, -0.15) is 9.78 Å². The normalized spacial score (nSPS) is 21.3. The number of hydrogen-bond acceptors (Lipinski definition) is 12. The fourth-order valence-electron chi connectivity index (χ4n) is 3.95. The molecule has 2 N–H and O–H groups in total. The zero-order valence-corrected chi connectivity index (χ0v) is 20.5. The first-order chi connectivity index (χ1) is 18.0. The number of H-pyrrole nitrogens is 1. The Hall–Kier alpha value is -4.44. The number of esters is 2. The summed E-state index contributed by atoms with van der Waals surface area (Å²) < 4.78 is 22.6. The Labute approximate surface area is 214 Å². The van der Waals surface area contributed by atoms with E-state index in [4.69, 9.17) is 18.9 Å². The number of benzene rings is 1. The third kappa shape index (κ3) is 6.46. The summed E-state index contributed by atoms with van der Waals surface area (Å²) in [4.78, 5) is 73.5. The molecule has 0 radical (unpaired) electrons. The van der Waals surface area contributed by atoms with Crippen molar-refractivity contribution in [2.75, 3.05) is 13.7 Å². The second-order valence-corrected chi connectivity index (χ2v) is 8.04. The molecule has 0 spiro atoms. The van der Waals surface area contributed by atoms with E-state index in [1.54, 1.807) is 6.92 Å². The number of amides is 1. The lowest BCUT2D eigenvalue weighted by Gasteiger charge is -2.28. The monoisotopic (exact) mass is 535 g/mol. The van der Waals surface area contributed by atoms with Crippen LogP contribution in [0.5, 0.6) is 0 Å². The maximum absolute atomic E-state index is 13.0. The minimum Gasteiger partial charge on any atom is -0.466 e. The fraction of sp³-hybridized carbons (Fsp3) is 0.455. The van der Waals surface area contributed by atoms with Gasteiger partial charge in [0.05, 0.1) is 24.0 Å². The van der Waals surface area contributed by atoms with E-state index in [0.29, 0.717) is 0 Å². The fourth-order valence-corrected chi connectivity index (χ4v) is 3.95. The highest BCUT2D eigenvalue weighted by Crippen LogP contribution is 2.35. The largest absolute Gasteiger partial charge is 0.466 e. The van der Waals surface area contributed by atoms with Crippen LogP contribution in [0.1, 0.15) is 36.9 Å². The Balaban J connectivity index is 1.98. The molecule has 1 fully saturated rings. The number of carbonyl (C=O) groups excluding carboxylic acids is 3. The van der Waals surface area contributed by atoms with Gasteiger partial charge in [-0.15, -0.1) is 0 Å². The molecule has 2 unspecified atom stereocenters. The van der Waals surface area contributed by atoms with Crippen LogP contribution in [-0.2, 0) is 28.5 Å². The van der Waals surface area contributed by atoms with Crippen LogP contribution < -0.4 is 16.6 Å². The number of rotatable bonds is 10. The molecule has 204 valence electrons. The van der Waals surface area contributed by atoms with Crippen molar-refractivity contribution in [3.05, 3.63) is 67.0 Å². The molecule has 5 atom stereocenters. The molecule has 16 nitrogen and oxygen atoms in total. The van der Waals surface area contributed by atoms with Crippen molar-refractivity contribution in [2.24, 2.45) is 0 Å². The highest BCUT2D eigenvalue weighted by atomic mass is 16.6. The zero-order valence-electron chi connectivity index (χ0n) is 20.5. The molecule has 3 rings (SSSR count). The van der Waals surface area contributed by atoms with Gasteiger partial charge in [0.1, 0.15) is 18.4 Å². The van der Waals surface area contributed by atoms with Crippen LogP contribution in [0, 0.1) is 10.1 Å². The van der Waals surface area contributed by atoms with Crippen LogP contribution in [-0.4, -0.2) is 75.6 Å². The maximum atomic E-state index is 13.0. The number of ether oxygens (including phenoxy) is 4. The van der Waals surface area contributed by atoms with E-state index >= 15 is 0 Å². The van der Waals surface area contributed by atoms with Crippen LogP contribution in [0.4, 0.5) is 5.69 Å². The van der Waals surface area contributed by atoms with Crippen LogP contribution in [0.15, 0.2) is 40.1 Å². The Bertz CT molecular complexity index is 1310. The van der Waals surface area contributed by atoms with E-state index in [-0.39, 0.29) is 17.9 Å². The predicted octanol–water partition coefficient (Wildman–Crippen LogP) is -0.564. The van der Waals surface area contributed by atoms with Crippen LogP contribution in [0.2, 0.25) is 0 Å². The summed E-state index contributed by atoms with van der Waals surface area (Å²) in [6.07, 6.45) is -4.59. The Kier molecular flexibility index (Phi) is 9.03. The molecule has 1 aromatic carbocycles. The van der Waals surface area contributed by atoms with Crippen molar-refractivity contribution in [2.45, 2.75) is 50.8 Å². The third-order valence-electron chi connectivity index (χ3n) is 5.52. The first kappa shape index (κ1) is 28.1. The minimum absolute atomic E-state index is 0.0445. The molecule has 1 aliphatic rings. The van der Waals surface area contributed by atoms with Gasteiger partial charge in [-0.3, -0.25) is 34.3 Å². The summed E-state index contributed by atoms with van der Waals surface area (Å²) in [5.74, 6) is -2.16. The van der Waals surface area contributed by atoms with Crippen molar-refractivity contribution in [3.63, 3.8) is 0 Å². The summed E-state index contributed by atoms with van der Waals surface area (Å²) in [5, 5.41) is 17.3. The zero-order chi connectivity index (χ0) is 28.0. The Morgan fingerprint density at radius 1 is 1.24 bits per heavy atom. The van der Waals surface area contributed by atoms with E-state index in [1.165, 1.54) is 19.2 Å². The number of methoxy groups -OCH3 is 1. The number of nitrogens with zero attached hydrogens (tertiary/aromatic N) is 3. The van der Waals surface area contributed by atoms with Gasteiger partial charge in [0.2, 0.25) is 0 Å². The van der Waals surface area contributed by atoms with E-state index in [0.717, 1.165) is 29.9 Å². The van der Waals surface area contributed by atoms with Crippen molar-refractivity contribution >= 4 is 23.5 Å². The van der Waals surface area contributed by atoms with Crippen LogP contribution in [0.25, 0.3) is 0 Å². The third-order valence-corrected chi connectivity index (χ3v) is 5.52. The molecule has 0 bridgehead atoms. The lowest BCUT2D eigenvalue weighted by molar-refractivity contribution is -0.384. The van der Waals surface area contributed by atoms with Crippen LogP contribution >= 0.6 is 0 Å². The topological polar surface area (TPSA) is 211 Å². The highest BCUT2D eigenvalue weighted by molar-refractivity contribution is 5.94. The number of non-ortho nitro benzene ring substituents is 1. The van der Waals surface area contributed by atoms with Gasteiger partial charge in [-0.25, -0.2) is 4.79 Å². The smallest absolute Gasteiger partial charge is 0.347 e. The number of hydrogen-bond donors (Lipinski definition) is 2. The minimum atomic E-state index is -1.40. The molecule has 16 heteroatoms. The molecule has 1 saturated heterocycles. The molecule has 2 heterocycles. The van der Waals surface area contributed by atoms with Crippen molar-refractivity contribution in [1.82, 2.24) is 20.1 Å². The molecule has 2 aromatic rings. The predicted molar refractivity (Wildman–Crippen MR) is 125 cm³/mol. The standard InChI is InChI=1S/C22H25N5O11/c1-4-36-16(30)9-14(24-20(31)12-5-7-13(8-6-12)27(33)34)17-18(35-3)19(37-11(2)28)21(38-17)26-22(32)25-15(29)10-23-26/h5-8,10,14,17-19,21H,4,9H2,1-3H3,(H,24,31)(H,25,29,32)/t14?,17?,18-,19+,21-/m0/s1. The van der Waals surface area contributed by atoms with Crippen LogP contribution in [0.3, 0.4) is 0 Å². The number of aromatic nitrogens is 3. The lowest BCUT2D eigenvalue weighted by atomic mass is 9.99. The Morgan fingerprint density at radius 3 is 2.47 bits per heavy atom. The molecular weight excluding hydrogens is 510 g/mol. The quantitative estimate of drug-likeness (QED) is 0.223. The van der Waals surface area contributed by atoms with Gasteiger partial charge >= 0.3 is 17.6 Å². The number of nitro groups is 1. The molecule has 38 heavy (non-hydrogen) atoms. The number of nitro benzene ring substituents is 1. The Morgan fingerprint density at radius 2 is 1.92 bits per heavy atom. The first-order valence-corrected chi connectivity index (χ1v) is 11.3. The summed E-state index contributed by atoms with van der Waals surface area (Å²) >= 11 is 0. The summed E-state index contributed by atoms with van der Waals surface area (Å²) in [6.45, 7) is 2.76. The second-order valence-electron chi connectivity index (χ2n) is 8.04. The van der Waals surface area contributed by atoms with E-state index < -0.39 is 71.0 Å². The summed E-state index contributed by atoms with van der Waals surface area (Å²) in [7, 11) is 1.27. The second kappa shape index (κ2) is 12.2. The van der Waals surface area contributed by atoms with Gasteiger partial charge in [0.25, 0.3) is 17.2 Å². The van der Waals surface area contributed by atoms with Gasteiger partial charge < -0.3 is 24.3 Å². The van der Waals surface area contributed by atoms with E-state index in [1.807, 2.05) is 4.98 Å². The molecule has 0 aliphatic carbocycles. The molecule has 1 aromatic heterocycles. The summed E-state index contributed by atoms with van der Waals surface area (Å²) in [6, 6.07) is 3.59. The maximum Gasteiger partial charge on any atom is 0.347 e. The number of carbonyl (C=O) groups is 3. The molecule has 1 aliphatic heterocycles. The average Bonchev–Trinajstić information content (AvgIpc) is 3.20. The average molecular weight is 535 g/mol. The van der Waals surface area contributed by atoms with Gasteiger partial charge in [-0.05, 0) is 19.1 Å². The van der Waals surface area contributed by atoms with E-state index in [9.17, 15) is 34.1 Å². The SMILES string of the molecule is CCOC(=O)CC(NC(=O)c1ccc([N+](=O)[O-])cc1)C1O[C@H](n2ncc(=O)[nH]c2=O)[C@H](OC(C)=O)[C@H]1OC. The van der Waals surface area contributed by atoms with Crippen molar-refractivity contribution < 1.29 is 38.3 Å². The van der Waals surface area contributed by atoms with Crippen molar-refractivity contribution in [1.29, 1.82) is 0 Å². The molecular formula is C22H25N5O11. The van der Waals surface area contributed by atoms with Gasteiger partial charge in [0, 0.05) is 31.7 Å². The van der Waals surface area contributed by atoms with Crippen molar-refractivity contribution in [3.8, 4) is 0 Å². The first-order valence-electron chi connectivity index (χ1n) is 11.3. The molecule has 0 saturated carbocycles. The van der Waals surface area contributed by atoms with Gasteiger partial charge in [0.15, 0.2) is 12.3 Å². The summed E-state index contributed by atoms with van der Waals surface area (Å²) in [5.41, 5.74) is -1.92. The van der Waals surface area contributed by atoms with E-state index in [2.05, 4.69) is 10.4 Å². The van der Waals surface area contributed by atoms with Gasteiger partial charge in [-0.1, -0.05) is 0 Å². The lowest BCUT2D eigenvalue weighted by Crippen LogP contribution is -2.51.